The van der Waals surface area contributed by atoms with Gasteiger partial charge in [-0.2, -0.15) is 0 Å². The predicted octanol–water partition coefficient (Wildman–Crippen LogP) is 5.01. The van der Waals surface area contributed by atoms with Crippen molar-refractivity contribution in [3.05, 3.63) is 83.9 Å². The SMILES string of the molecule is COc1ccc(C(=O)OC(=O)c2ccc(OC)c3ccccc23)c2ccccc12. The Morgan fingerprint density at radius 2 is 0.931 bits per heavy atom. The average Bonchev–Trinajstić information content (AvgIpc) is 2.77. The van der Waals surface area contributed by atoms with Crippen LogP contribution in [0.3, 0.4) is 0 Å². The van der Waals surface area contributed by atoms with Gasteiger partial charge in [0.25, 0.3) is 0 Å². The first kappa shape index (κ1) is 18.5. The Hall–Kier alpha value is -3.86. The van der Waals surface area contributed by atoms with Gasteiger partial charge in [0, 0.05) is 10.8 Å². The summed E-state index contributed by atoms with van der Waals surface area (Å²) in [7, 11) is 3.14. The van der Waals surface area contributed by atoms with Crippen LogP contribution in [-0.2, 0) is 4.74 Å². The van der Waals surface area contributed by atoms with Crippen LogP contribution < -0.4 is 9.47 Å². The van der Waals surface area contributed by atoms with Crippen LogP contribution in [0.25, 0.3) is 21.5 Å². The average molecular weight is 386 g/mol. The van der Waals surface area contributed by atoms with Gasteiger partial charge < -0.3 is 14.2 Å². The lowest BCUT2D eigenvalue weighted by Gasteiger charge is -2.11. The maximum atomic E-state index is 12.8. The minimum atomic E-state index is -0.714. The Kier molecular flexibility index (Phi) is 4.87. The van der Waals surface area contributed by atoms with Crippen LogP contribution >= 0.6 is 0 Å². The second kappa shape index (κ2) is 7.64. The zero-order valence-corrected chi connectivity index (χ0v) is 16.0. The van der Waals surface area contributed by atoms with Crippen LogP contribution in [0.1, 0.15) is 20.7 Å². The minimum absolute atomic E-state index is 0.299. The molecule has 4 aromatic carbocycles. The summed E-state index contributed by atoms with van der Waals surface area (Å²) < 4.78 is 15.9. The highest BCUT2D eigenvalue weighted by molar-refractivity contribution is 6.14. The molecule has 0 aliphatic carbocycles. The van der Waals surface area contributed by atoms with Crippen molar-refractivity contribution in [3.8, 4) is 11.5 Å². The number of methoxy groups -OCH3 is 2. The normalized spacial score (nSPS) is 10.7. The Bertz CT molecular complexity index is 1150. The number of carbonyl (C=O) groups is 2. The first-order valence-corrected chi connectivity index (χ1v) is 9.02. The minimum Gasteiger partial charge on any atom is -0.496 e. The summed E-state index contributed by atoms with van der Waals surface area (Å²) in [5, 5.41) is 2.85. The molecule has 0 aromatic heterocycles. The number of esters is 2. The van der Waals surface area contributed by atoms with Gasteiger partial charge in [-0.3, -0.25) is 0 Å². The summed E-state index contributed by atoms with van der Waals surface area (Å²) in [6.45, 7) is 0. The number of hydrogen-bond donors (Lipinski definition) is 0. The highest BCUT2D eigenvalue weighted by Gasteiger charge is 2.20. The van der Waals surface area contributed by atoms with Crippen molar-refractivity contribution in [3.63, 3.8) is 0 Å². The number of ether oxygens (including phenoxy) is 3. The standard InChI is InChI=1S/C24H18O5/c1-27-21-13-11-19(15-7-3-5-9-17(15)21)23(25)29-24(26)20-12-14-22(28-2)18-10-6-4-8-16(18)20/h3-14H,1-2H3. The smallest absolute Gasteiger partial charge is 0.346 e. The number of fused-ring (bicyclic) bond motifs is 2. The van der Waals surface area contributed by atoms with E-state index in [0.29, 0.717) is 33.4 Å². The summed E-state index contributed by atoms with van der Waals surface area (Å²) in [5.41, 5.74) is 0.597. The van der Waals surface area contributed by atoms with Gasteiger partial charge in [-0.25, -0.2) is 9.59 Å². The Labute approximate surface area is 167 Å². The van der Waals surface area contributed by atoms with E-state index in [2.05, 4.69) is 0 Å². The Morgan fingerprint density at radius 1 is 0.552 bits per heavy atom. The van der Waals surface area contributed by atoms with Crippen LogP contribution in [-0.4, -0.2) is 26.2 Å². The van der Waals surface area contributed by atoms with Crippen LogP contribution in [0.4, 0.5) is 0 Å². The maximum Gasteiger partial charge on any atom is 0.346 e. The van der Waals surface area contributed by atoms with Gasteiger partial charge in [0.1, 0.15) is 11.5 Å². The maximum absolute atomic E-state index is 12.8. The summed E-state index contributed by atoms with van der Waals surface area (Å²) in [6, 6.07) is 21.2. The Balaban J connectivity index is 1.71. The molecule has 0 fully saturated rings. The van der Waals surface area contributed by atoms with Gasteiger partial charge in [-0.1, -0.05) is 48.5 Å². The molecule has 0 N–H and O–H groups in total. The van der Waals surface area contributed by atoms with Gasteiger partial charge in [-0.05, 0) is 35.0 Å². The lowest BCUT2D eigenvalue weighted by Crippen LogP contribution is -2.14. The monoisotopic (exact) mass is 386 g/mol. The molecule has 0 saturated carbocycles. The lowest BCUT2D eigenvalue weighted by molar-refractivity contribution is 0.0400. The van der Waals surface area contributed by atoms with Crippen molar-refractivity contribution in [2.45, 2.75) is 0 Å². The molecule has 5 heteroatoms. The fourth-order valence-corrected chi connectivity index (χ4v) is 3.45. The summed E-state index contributed by atoms with van der Waals surface area (Å²) in [4.78, 5) is 25.6. The fraction of sp³-hybridized carbons (Fsp3) is 0.0833. The molecule has 0 unspecified atom stereocenters. The number of benzene rings is 4. The van der Waals surface area contributed by atoms with Gasteiger partial charge in [0.05, 0.1) is 25.3 Å². The van der Waals surface area contributed by atoms with E-state index >= 15 is 0 Å². The van der Waals surface area contributed by atoms with Gasteiger partial charge >= 0.3 is 11.9 Å². The highest BCUT2D eigenvalue weighted by atomic mass is 16.6. The summed E-state index contributed by atoms with van der Waals surface area (Å²) >= 11 is 0. The van der Waals surface area contributed by atoms with Crippen LogP contribution in [0.5, 0.6) is 11.5 Å². The molecule has 29 heavy (non-hydrogen) atoms. The summed E-state index contributed by atoms with van der Waals surface area (Å²) in [6.07, 6.45) is 0. The van der Waals surface area contributed by atoms with Crippen LogP contribution in [0.15, 0.2) is 72.8 Å². The summed E-state index contributed by atoms with van der Waals surface area (Å²) in [5.74, 6) is -0.142. The molecule has 144 valence electrons. The largest absolute Gasteiger partial charge is 0.496 e. The first-order chi connectivity index (χ1) is 14.1. The van der Waals surface area contributed by atoms with Crippen molar-refractivity contribution in [2.24, 2.45) is 0 Å². The van der Waals surface area contributed by atoms with Crippen LogP contribution in [0.2, 0.25) is 0 Å². The third-order valence-corrected chi connectivity index (χ3v) is 4.83. The molecule has 0 heterocycles. The van der Waals surface area contributed by atoms with E-state index < -0.39 is 11.9 Å². The van der Waals surface area contributed by atoms with Crippen molar-refractivity contribution in [1.82, 2.24) is 0 Å². The fourth-order valence-electron chi connectivity index (χ4n) is 3.45. The van der Waals surface area contributed by atoms with Crippen molar-refractivity contribution >= 4 is 33.5 Å². The van der Waals surface area contributed by atoms with Crippen molar-refractivity contribution in [1.29, 1.82) is 0 Å². The van der Waals surface area contributed by atoms with Crippen molar-refractivity contribution in [2.75, 3.05) is 14.2 Å². The zero-order chi connectivity index (χ0) is 20.4. The first-order valence-electron chi connectivity index (χ1n) is 9.02. The number of rotatable bonds is 4. The topological polar surface area (TPSA) is 61.8 Å². The molecule has 4 rings (SSSR count). The highest BCUT2D eigenvalue weighted by Crippen LogP contribution is 2.31. The van der Waals surface area contributed by atoms with Crippen LogP contribution in [0, 0.1) is 0 Å². The number of carbonyl (C=O) groups excluding carboxylic acids is 2. The molecule has 0 atom stereocenters. The quantitative estimate of drug-likeness (QED) is 0.365. The molecule has 4 aromatic rings. The molecule has 0 aliphatic rings. The molecule has 0 spiro atoms. The van der Waals surface area contributed by atoms with Gasteiger partial charge in [0.2, 0.25) is 0 Å². The van der Waals surface area contributed by atoms with E-state index in [1.54, 1.807) is 50.6 Å². The molecule has 0 saturated heterocycles. The second-order valence-electron chi connectivity index (χ2n) is 6.40. The molecule has 0 radical (unpaired) electrons. The molecular weight excluding hydrogens is 368 g/mol. The van der Waals surface area contributed by atoms with E-state index in [4.69, 9.17) is 14.2 Å². The van der Waals surface area contributed by atoms with Gasteiger partial charge in [0.15, 0.2) is 0 Å². The molecule has 0 aliphatic heterocycles. The van der Waals surface area contributed by atoms with Crippen molar-refractivity contribution < 1.29 is 23.8 Å². The molecular formula is C24H18O5. The van der Waals surface area contributed by atoms with E-state index in [9.17, 15) is 9.59 Å². The molecule has 0 bridgehead atoms. The van der Waals surface area contributed by atoms with E-state index in [-0.39, 0.29) is 0 Å². The van der Waals surface area contributed by atoms with E-state index in [1.165, 1.54) is 0 Å². The lowest BCUT2D eigenvalue weighted by atomic mass is 10.0. The third-order valence-electron chi connectivity index (χ3n) is 4.83. The second-order valence-corrected chi connectivity index (χ2v) is 6.40. The zero-order valence-electron chi connectivity index (χ0n) is 16.0. The van der Waals surface area contributed by atoms with E-state index in [0.717, 1.165) is 10.8 Å². The van der Waals surface area contributed by atoms with Gasteiger partial charge in [-0.15, -0.1) is 0 Å². The molecule has 5 nitrogen and oxygen atoms in total. The Morgan fingerprint density at radius 3 is 1.31 bits per heavy atom. The number of hydrogen-bond acceptors (Lipinski definition) is 5. The molecule has 0 amide bonds. The van der Waals surface area contributed by atoms with E-state index in [1.807, 2.05) is 36.4 Å². The predicted molar refractivity (Wildman–Crippen MR) is 111 cm³/mol. The third kappa shape index (κ3) is 3.27.